The highest BCUT2D eigenvalue weighted by Crippen LogP contribution is 2.37. The van der Waals surface area contributed by atoms with Crippen LogP contribution in [-0.2, 0) is 9.59 Å². The summed E-state index contributed by atoms with van der Waals surface area (Å²) in [4.78, 5) is 36.1. The van der Waals surface area contributed by atoms with Crippen molar-refractivity contribution in [2.75, 3.05) is 0 Å². The number of rotatable bonds is 6. The first-order valence-corrected chi connectivity index (χ1v) is 12.2. The molecular weight excluding hydrogens is 406 g/mol. The molecule has 0 saturated heterocycles. The monoisotopic (exact) mass is 443 g/mol. The SMILES string of the molecule is O=C(O)CC(NC(=O)NNC(=O)C1CCCC(C2CCCCC2)CCC1)c1ccccc1. The molecule has 32 heavy (non-hydrogen) atoms. The van der Waals surface area contributed by atoms with Gasteiger partial charge in [-0.2, -0.15) is 0 Å². The van der Waals surface area contributed by atoms with Crippen LogP contribution in [0.15, 0.2) is 30.3 Å². The second kappa shape index (κ2) is 12.5. The zero-order chi connectivity index (χ0) is 22.8. The normalized spacial score (nSPS) is 23.2. The van der Waals surface area contributed by atoms with E-state index in [2.05, 4.69) is 16.2 Å². The van der Waals surface area contributed by atoms with Crippen molar-refractivity contribution in [3.8, 4) is 0 Å². The highest BCUT2D eigenvalue weighted by molar-refractivity contribution is 5.83. The van der Waals surface area contributed by atoms with E-state index in [0.717, 1.165) is 37.5 Å². The predicted molar refractivity (Wildman–Crippen MR) is 123 cm³/mol. The number of hydrogen-bond acceptors (Lipinski definition) is 3. The summed E-state index contributed by atoms with van der Waals surface area (Å²) in [6, 6.07) is 7.65. The van der Waals surface area contributed by atoms with Crippen LogP contribution in [0, 0.1) is 17.8 Å². The van der Waals surface area contributed by atoms with E-state index in [9.17, 15) is 14.4 Å². The molecule has 7 heteroatoms. The second-order valence-electron chi connectivity index (χ2n) is 9.37. The maximum absolute atomic E-state index is 12.6. The Morgan fingerprint density at radius 1 is 0.812 bits per heavy atom. The first-order valence-electron chi connectivity index (χ1n) is 12.2. The van der Waals surface area contributed by atoms with Crippen LogP contribution in [0.25, 0.3) is 0 Å². The summed E-state index contributed by atoms with van der Waals surface area (Å²) in [6.07, 6.45) is 12.9. The summed E-state index contributed by atoms with van der Waals surface area (Å²) in [7, 11) is 0. The maximum Gasteiger partial charge on any atom is 0.333 e. The molecule has 0 aliphatic heterocycles. The molecule has 7 nitrogen and oxygen atoms in total. The molecule has 1 aromatic rings. The maximum atomic E-state index is 12.6. The Morgan fingerprint density at radius 3 is 2.00 bits per heavy atom. The zero-order valence-electron chi connectivity index (χ0n) is 18.9. The molecule has 0 spiro atoms. The molecule has 1 aromatic carbocycles. The minimum absolute atomic E-state index is 0.0912. The van der Waals surface area contributed by atoms with Crippen LogP contribution >= 0.6 is 0 Å². The van der Waals surface area contributed by atoms with Gasteiger partial charge in [-0.3, -0.25) is 15.0 Å². The van der Waals surface area contributed by atoms with Crippen LogP contribution in [-0.4, -0.2) is 23.0 Å². The number of carboxylic acids is 1. The summed E-state index contributed by atoms with van der Waals surface area (Å²) >= 11 is 0. The molecule has 0 bridgehead atoms. The summed E-state index contributed by atoms with van der Waals surface area (Å²) in [5.41, 5.74) is 5.64. The first kappa shape index (κ1) is 24.1. The number of carbonyl (C=O) groups excluding carboxylic acids is 2. The molecule has 3 amide bonds. The highest BCUT2D eigenvalue weighted by atomic mass is 16.4. The van der Waals surface area contributed by atoms with Crippen molar-refractivity contribution in [1.29, 1.82) is 0 Å². The number of benzene rings is 1. The van der Waals surface area contributed by atoms with Crippen LogP contribution in [0.4, 0.5) is 4.79 Å². The molecule has 1 atom stereocenters. The fraction of sp³-hybridized carbons (Fsp3) is 0.640. The molecule has 3 rings (SSSR count). The van der Waals surface area contributed by atoms with Crippen LogP contribution in [0.1, 0.15) is 88.7 Å². The summed E-state index contributed by atoms with van der Waals surface area (Å²) < 4.78 is 0. The van der Waals surface area contributed by atoms with Crippen molar-refractivity contribution in [3.63, 3.8) is 0 Å². The van der Waals surface area contributed by atoms with Gasteiger partial charge in [-0.25, -0.2) is 10.2 Å². The molecular formula is C25H37N3O4. The van der Waals surface area contributed by atoms with Crippen molar-refractivity contribution < 1.29 is 19.5 Å². The standard InChI is InChI=1S/C25H37N3O4/c29-23(30)17-22(20-11-5-2-6-12-20)26-25(32)28-27-24(31)21-15-7-13-19(14-8-16-21)18-9-3-1-4-10-18/h2,5-6,11-12,18-19,21-22H,1,3-4,7-10,13-17H2,(H,27,31)(H,29,30)(H2,26,28,32). The smallest absolute Gasteiger partial charge is 0.333 e. The number of aliphatic carboxylic acids is 1. The van der Waals surface area contributed by atoms with Gasteiger partial charge >= 0.3 is 12.0 Å². The minimum Gasteiger partial charge on any atom is -0.481 e. The van der Waals surface area contributed by atoms with Crippen molar-refractivity contribution in [2.24, 2.45) is 17.8 Å². The van der Waals surface area contributed by atoms with E-state index < -0.39 is 18.0 Å². The number of hydrogen-bond donors (Lipinski definition) is 4. The number of amides is 3. The lowest BCUT2D eigenvalue weighted by Crippen LogP contribution is -2.49. The van der Waals surface area contributed by atoms with E-state index in [-0.39, 0.29) is 18.2 Å². The fourth-order valence-electron chi connectivity index (χ4n) is 5.41. The lowest BCUT2D eigenvalue weighted by Gasteiger charge is -2.32. The molecule has 4 N–H and O–H groups in total. The second-order valence-corrected chi connectivity index (χ2v) is 9.37. The molecule has 0 heterocycles. The molecule has 2 aliphatic rings. The van der Waals surface area contributed by atoms with Gasteiger partial charge in [0.15, 0.2) is 0 Å². The molecule has 0 radical (unpaired) electrons. The molecule has 2 fully saturated rings. The third-order valence-corrected chi connectivity index (χ3v) is 7.13. The number of carboxylic acid groups (broad SMARTS) is 1. The third kappa shape index (κ3) is 7.53. The largest absolute Gasteiger partial charge is 0.481 e. The van der Waals surface area contributed by atoms with Gasteiger partial charge in [-0.05, 0) is 30.2 Å². The third-order valence-electron chi connectivity index (χ3n) is 7.13. The molecule has 2 aliphatic carbocycles. The van der Waals surface area contributed by atoms with E-state index in [1.807, 2.05) is 6.07 Å². The average molecular weight is 444 g/mol. The summed E-state index contributed by atoms with van der Waals surface area (Å²) in [5, 5.41) is 11.8. The minimum atomic E-state index is -1.01. The van der Waals surface area contributed by atoms with E-state index in [1.54, 1.807) is 24.3 Å². The number of carbonyl (C=O) groups is 3. The molecule has 176 valence electrons. The Morgan fingerprint density at radius 2 is 1.41 bits per heavy atom. The highest BCUT2D eigenvalue weighted by Gasteiger charge is 2.27. The quantitative estimate of drug-likeness (QED) is 0.478. The van der Waals surface area contributed by atoms with Crippen molar-refractivity contribution in [2.45, 2.75) is 83.1 Å². The van der Waals surface area contributed by atoms with E-state index in [4.69, 9.17) is 5.11 Å². The molecule has 1 unspecified atom stereocenters. The lowest BCUT2D eigenvalue weighted by molar-refractivity contribution is -0.137. The van der Waals surface area contributed by atoms with Gasteiger partial charge in [0.05, 0.1) is 12.5 Å². The molecule has 0 aromatic heterocycles. The van der Waals surface area contributed by atoms with Gasteiger partial charge in [0.25, 0.3) is 0 Å². The summed E-state index contributed by atoms with van der Waals surface area (Å²) in [6.45, 7) is 0. The number of hydrazine groups is 1. The van der Waals surface area contributed by atoms with Crippen molar-refractivity contribution in [1.82, 2.24) is 16.2 Å². The fourth-order valence-corrected chi connectivity index (χ4v) is 5.41. The Kier molecular flexibility index (Phi) is 9.38. The van der Waals surface area contributed by atoms with Gasteiger partial charge in [-0.15, -0.1) is 0 Å². The van der Waals surface area contributed by atoms with Crippen LogP contribution < -0.4 is 16.2 Å². The van der Waals surface area contributed by atoms with Gasteiger partial charge in [0, 0.05) is 5.92 Å². The van der Waals surface area contributed by atoms with Crippen molar-refractivity contribution >= 4 is 17.9 Å². The van der Waals surface area contributed by atoms with E-state index >= 15 is 0 Å². The number of nitrogens with one attached hydrogen (secondary N) is 3. The first-order chi connectivity index (χ1) is 15.5. The zero-order valence-corrected chi connectivity index (χ0v) is 18.9. The Balaban J connectivity index is 1.43. The van der Waals surface area contributed by atoms with Crippen LogP contribution in [0.2, 0.25) is 0 Å². The van der Waals surface area contributed by atoms with Gasteiger partial charge in [-0.1, -0.05) is 88.1 Å². The van der Waals surface area contributed by atoms with E-state index in [0.29, 0.717) is 5.56 Å². The Bertz CT molecular complexity index is 739. The average Bonchev–Trinajstić information content (AvgIpc) is 2.78. The van der Waals surface area contributed by atoms with Crippen LogP contribution in [0.3, 0.4) is 0 Å². The van der Waals surface area contributed by atoms with Gasteiger partial charge in [0.2, 0.25) is 5.91 Å². The van der Waals surface area contributed by atoms with Crippen molar-refractivity contribution in [3.05, 3.63) is 35.9 Å². The number of urea groups is 1. The topological polar surface area (TPSA) is 108 Å². The Labute approximate surface area is 190 Å². The lowest BCUT2D eigenvalue weighted by atomic mass is 9.73. The van der Waals surface area contributed by atoms with Gasteiger partial charge < -0.3 is 10.4 Å². The van der Waals surface area contributed by atoms with Crippen LogP contribution in [0.5, 0.6) is 0 Å². The molecule has 2 saturated carbocycles. The predicted octanol–water partition coefficient (Wildman–Crippen LogP) is 4.70. The van der Waals surface area contributed by atoms with E-state index in [1.165, 1.54) is 44.9 Å². The van der Waals surface area contributed by atoms with Gasteiger partial charge in [0.1, 0.15) is 0 Å². The summed E-state index contributed by atoms with van der Waals surface area (Å²) in [5.74, 6) is 0.428. The Hall–Kier alpha value is -2.57.